The van der Waals surface area contributed by atoms with Crippen LogP contribution in [0.5, 0.6) is 0 Å². The number of rotatable bonds is 3. The highest BCUT2D eigenvalue weighted by molar-refractivity contribution is 8.00. The van der Waals surface area contributed by atoms with Crippen molar-refractivity contribution in [1.29, 1.82) is 0 Å². The van der Waals surface area contributed by atoms with Crippen molar-refractivity contribution in [2.24, 2.45) is 0 Å². The van der Waals surface area contributed by atoms with Crippen LogP contribution in [0, 0.1) is 0 Å². The molecule has 7 nitrogen and oxygen atoms in total. The number of anilines is 2. The van der Waals surface area contributed by atoms with E-state index in [1.807, 2.05) is 24.0 Å². The Kier molecular flexibility index (Phi) is 4.54. The zero-order valence-electron chi connectivity index (χ0n) is 16.9. The topological polar surface area (TPSA) is 93.0 Å². The molecule has 1 atom stereocenters. The lowest BCUT2D eigenvalue weighted by Gasteiger charge is -2.29. The van der Waals surface area contributed by atoms with Gasteiger partial charge in [0.25, 0.3) is 0 Å². The first-order valence-corrected chi connectivity index (χ1v) is 11.3. The van der Waals surface area contributed by atoms with Gasteiger partial charge in [-0.25, -0.2) is 15.0 Å². The van der Waals surface area contributed by atoms with Gasteiger partial charge >= 0.3 is 0 Å². The van der Waals surface area contributed by atoms with Crippen LogP contribution in [0.15, 0.2) is 53.7 Å². The van der Waals surface area contributed by atoms with Crippen LogP contribution < -0.4 is 10.6 Å². The summed E-state index contributed by atoms with van der Waals surface area (Å²) in [5.74, 6) is 2.20. The van der Waals surface area contributed by atoms with E-state index in [1.165, 1.54) is 21.4 Å². The maximum absolute atomic E-state index is 5.78. The van der Waals surface area contributed by atoms with Crippen LogP contribution in [0.25, 0.3) is 22.3 Å². The number of hydrogen-bond acceptors (Lipinski definition) is 7. The van der Waals surface area contributed by atoms with E-state index in [-0.39, 0.29) is 0 Å². The number of nitrogen functional groups attached to an aromatic ring is 1. The van der Waals surface area contributed by atoms with Gasteiger partial charge in [0.2, 0.25) is 0 Å². The Morgan fingerprint density at radius 2 is 2.00 bits per heavy atom. The molecule has 0 amide bonds. The molecule has 2 aliphatic heterocycles. The number of pyridine rings is 1. The van der Waals surface area contributed by atoms with E-state index < -0.39 is 0 Å². The van der Waals surface area contributed by atoms with Crippen molar-refractivity contribution >= 4 is 34.3 Å². The molecule has 2 aliphatic rings. The molecule has 1 unspecified atom stereocenters. The maximum Gasteiger partial charge on any atom is 0.163 e. The molecule has 3 N–H and O–H groups in total. The Hall–Kier alpha value is -3.10. The van der Waals surface area contributed by atoms with Gasteiger partial charge in [-0.2, -0.15) is 0 Å². The van der Waals surface area contributed by atoms with E-state index in [1.54, 1.807) is 12.3 Å². The first-order chi connectivity index (χ1) is 15.2. The average molecular weight is 431 g/mol. The van der Waals surface area contributed by atoms with Crippen LogP contribution in [0.4, 0.5) is 11.6 Å². The van der Waals surface area contributed by atoms with Crippen LogP contribution in [-0.2, 0) is 11.2 Å². The average Bonchev–Trinajstić information content (AvgIpc) is 3.46. The number of nitrogens with one attached hydrogen (secondary N) is 1. The number of morpholine rings is 1. The molecular weight excluding hydrogens is 408 g/mol. The van der Waals surface area contributed by atoms with Gasteiger partial charge in [-0.3, -0.25) is 0 Å². The van der Waals surface area contributed by atoms with Gasteiger partial charge in [-0.1, -0.05) is 12.1 Å². The molecule has 31 heavy (non-hydrogen) atoms. The summed E-state index contributed by atoms with van der Waals surface area (Å²) in [6.45, 7) is 3.11. The smallest absolute Gasteiger partial charge is 0.163 e. The second-order valence-electron chi connectivity index (χ2n) is 7.85. The zero-order valence-corrected chi connectivity index (χ0v) is 17.7. The Morgan fingerprint density at radius 1 is 1.10 bits per heavy atom. The van der Waals surface area contributed by atoms with E-state index in [4.69, 9.17) is 20.4 Å². The third-order valence-corrected chi connectivity index (χ3v) is 7.24. The number of nitrogens with two attached hydrogens (primary N) is 1. The van der Waals surface area contributed by atoms with Crippen molar-refractivity contribution in [2.75, 3.05) is 36.9 Å². The summed E-state index contributed by atoms with van der Waals surface area (Å²) in [4.78, 5) is 21.0. The van der Waals surface area contributed by atoms with Gasteiger partial charge < -0.3 is 20.4 Å². The minimum absolute atomic E-state index is 0.316. The maximum atomic E-state index is 5.78. The Bertz CT molecular complexity index is 1250. The highest BCUT2D eigenvalue weighted by Gasteiger charge is 2.32. The van der Waals surface area contributed by atoms with Gasteiger partial charge in [-0.05, 0) is 35.2 Å². The normalized spacial score (nSPS) is 18.5. The largest absolute Gasteiger partial charge is 0.384 e. The van der Waals surface area contributed by atoms with E-state index >= 15 is 0 Å². The molecule has 8 heteroatoms. The monoisotopic (exact) mass is 430 g/mol. The zero-order chi connectivity index (χ0) is 20.8. The summed E-state index contributed by atoms with van der Waals surface area (Å²) in [5, 5.41) is 1.55. The van der Waals surface area contributed by atoms with Crippen molar-refractivity contribution in [1.82, 2.24) is 19.9 Å². The van der Waals surface area contributed by atoms with Gasteiger partial charge in [0.05, 0.1) is 23.8 Å². The molecule has 0 radical (unpaired) electrons. The van der Waals surface area contributed by atoms with Crippen molar-refractivity contribution < 1.29 is 4.74 Å². The van der Waals surface area contributed by atoms with Crippen LogP contribution in [0.3, 0.4) is 0 Å². The van der Waals surface area contributed by atoms with E-state index in [0.29, 0.717) is 16.9 Å². The van der Waals surface area contributed by atoms with Crippen molar-refractivity contribution in [3.05, 3.63) is 60.0 Å². The fourth-order valence-electron chi connectivity index (χ4n) is 4.21. The van der Waals surface area contributed by atoms with Crippen LogP contribution in [0.2, 0.25) is 0 Å². The van der Waals surface area contributed by atoms with Crippen molar-refractivity contribution in [2.45, 2.75) is 16.6 Å². The number of thioether (sulfide) groups is 1. The number of hydrogen-bond donors (Lipinski definition) is 2. The number of H-pyrrole nitrogens is 1. The molecular formula is C23H22N6OS. The summed E-state index contributed by atoms with van der Waals surface area (Å²) >= 11 is 1.87. The van der Waals surface area contributed by atoms with Crippen LogP contribution in [0.1, 0.15) is 16.5 Å². The third-order valence-electron chi connectivity index (χ3n) is 5.86. The predicted octanol–water partition coefficient (Wildman–Crippen LogP) is 3.83. The van der Waals surface area contributed by atoms with Crippen LogP contribution >= 0.6 is 11.8 Å². The summed E-state index contributed by atoms with van der Waals surface area (Å²) in [7, 11) is 0. The van der Waals surface area contributed by atoms with E-state index in [0.717, 1.165) is 49.8 Å². The lowest BCUT2D eigenvalue weighted by atomic mass is 10.1. The number of aromatic amines is 1. The number of benzene rings is 1. The lowest BCUT2D eigenvalue weighted by Crippen LogP contribution is -2.37. The van der Waals surface area contributed by atoms with Gasteiger partial charge in [-0.15, -0.1) is 11.8 Å². The molecule has 1 fully saturated rings. The Labute approximate surface area is 184 Å². The highest BCUT2D eigenvalue weighted by Crippen LogP contribution is 2.50. The summed E-state index contributed by atoms with van der Waals surface area (Å²) in [5.41, 5.74) is 10.2. The standard InChI is InChI=1S/C23H22N6OS/c24-20-4-3-16(13-26-20)22-27-18-12-19(15-2-1-14-5-6-25-17(14)11-15)31-21(18)23(28-22)29-7-9-30-10-8-29/h1-6,11,13,19,25H,7-10,12H2,(H2,24,26). The minimum atomic E-state index is 0.316. The molecule has 5 heterocycles. The number of fused-ring (bicyclic) bond motifs is 2. The highest BCUT2D eigenvalue weighted by atomic mass is 32.2. The number of nitrogens with zero attached hydrogens (tertiary/aromatic N) is 4. The minimum Gasteiger partial charge on any atom is -0.384 e. The van der Waals surface area contributed by atoms with Crippen LogP contribution in [-0.4, -0.2) is 46.2 Å². The molecule has 1 saturated heterocycles. The lowest BCUT2D eigenvalue weighted by molar-refractivity contribution is 0.122. The Morgan fingerprint density at radius 3 is 2.84 bits per heavy atom. The third kappa shape index (κ3) is 3.41. The van der Waals surface area contributed by atoms with Gasteiger partial charge in [0, 0.05) is 48.2 Å². The molecule has 6 rings (SSSR count). The second kappa shape index (κ2) is 7.55. The molecule has 1 aromatic carbocycles. The summed E-state index contributed by atoms with van der Waals surface area (Å²) < 4.78 is 5.57. The molecule has 0 aliphatic carbocycles. The first-order valence-electron chi connectivity index (χ1n) is 10.4. The molecule has 156 valence electrons. The van der Waals surface area contributed by atoms with E-state index in [2.05, 4.69) is 39.1 Å². The Balaban J connectivity index is 1.41. The van der Waals surface area contributed by atoms with Crippen molar-refractivity contribution in [3.8, 4) is 11.4 Å². The fourth-order valence-corrected chi connectivity index (χ4v) is 5.56. The molecule has 3 aromatic heterocycles. The number of aromatic nitrogens is 4. The second-order valence-corrected chi connectivity index (χ2v) is 9.07. The van der Waals surface area contributed by atoms with Gasteiger partial charge in [0.1, 0.15) is 11.6 Å². The summed E-state index contributed by atoms with van der Waals surface area (Å²) in [6, 6.07) is 12.5. The quantitative estimate of drug-likeness (QED) is 0.510. The SMILES string of the molecule is Nc1ccc(-c2nc3c(c(N4CCOCC4)n2)SC(c2ccc4cc[nH]c4c2)C3)cn1. The predicted molar refractivity (Wildman–Crippen MR) is 123 cm³/mol. The molecule has 0 bridgehead atoms. The molecule has 0 spiro atoms. The first kappa shape index (κ1) is 18.7. The number of ether oxygens (including phenoxy) is 1. The van der Waals surface area contributed by atoms with E-state index in [9.17, 15) is 0 Å². The molecule has 0 saturated carbocycles. The van der Waals surface area contributed by atoms with Gasteiger partial charge in [0.15, 0.2) is 5.82 Å². The molecule has 4 aromatic rings. The summed E-state index contributed by atoms with van der Waals surface area (Å²) in [6.07, 6.45) is 4.61. The fraction of sp³-hybridized carbons (Fsp3) is 0.261. The van der Waals surface area contributed by atoms with Crippen molar-refractivity contribution in [3.63, 3.8) is 0 Å².